The van der Waals surface area contributed by atoms with Crippen LogP contribution in [0.5, 0.6) is 0 Å². The van der Waals surface area contributed by atoms with Gasteiger partial charge in [-0.15, -0.1) is 0 Å². The molecule has 1 aromatic carbocycles. The quantitative estimate of drug-likeness (QED) is 0.693. The van der Waals surface area contributed by atoms with Crippen molar-refractivity contribution in [1.29, 1.82) is 0 Å². The van der Waals surface area contributed by atoms with Gasteiger partial charge in [0.15, 0.2) is 12.4 Å². The van der Waals surface area contributed by atoms with Gasteiger partial charge in [-0.25, -0.2) is 0 Å². The van der Waals surface area contributed by atoms with E-state index in [0.717, 1.165) is 23.8 Å². The molecule has 0 bridgehead atoms. The zero-order valence-corrected chi connectivity index (χ0v) is 7.92. The molecule has 15 heavy (non-hydrogen) atoms. The second-order valence-corrected chi connectivity index (χ2v) is 3.26. The summed E-state index contributed by atoms with van der Waals surface area (Å²) in [6.45, 7) is 0. The SMILES string of the molecule is O=Cc1ccc(C2=NOC(C=O)C2)cc1. The number of nitrogens with zero attached hydrogens (tertiary/aromatic N) is 1. The molecule has 1 aliphatic rings. The molecule has 1 atom stereocenters. The average Bonchev–Trinajstić information content (AvgIpc) is 2.78. The third kappa shape index (κ3) is 1.93. The summed E-state index contributed by atoms with van der Waals surface area (Å²) in [5.41, 5.74) is 2.24. The molecule has 1 aliphatic heterocycles. The van der Waals surface area contributed by atoms with Gasteiger partial charge in [0.1, 0.15) is 6.29 Å². The van der Waals surface area contributed by atoms with Crippen molar-refractivity contribution in [3.63, 3.8) is 0 Å². The Morgan fingerprint density at radius 2 is 2.00 bits per heavy atom. The minimum Gasteiger partial charge on any atom is -0.384 e. The normalized spacial score (nSPS) is 19.2. The van der Waals surface area contributed by atoms with E-state index in [4.69, 9.17) is 4.84 Å². The summed E-state index contributed by atoms with van der Waals surface area (Å²) in [7, 11) is 0. The highest BCUT2D eigenvalue weighted by Gasteiger charge is 2.20. The second-order valence-electron chi connectivity index (χ2n) is 3.26. The highest BCUT2D eigenvalue weighted by Crippen LogP contribution is 2.15. The Balaban J connectivity index is 2.17. The number of carbonyl (C=O) groups excluding carboxylic acids is 2. The van der Waals surface area contributed by atoms with E-state index < -0.39 is 6.10 Å². The first kappa shape index (κ1) is 9.58. The summed E-state index contributed by atoms with van der Waals surface area (Å²) >= 11 is 0. The Morgan fingerprint density at radius 1 is 1.27 bits per heavy atom. The fourth-order valence-electron chi connectivity index (χ4n) is 1.39. The van der Waals surface area contributed by atoms with Crippen LogP contribution in [0.4, 0.5) is 0 Å². The molecule has 0 aromatic heterocycles. The fourth-order valence-corrected chi connectivity index (χ4v) is 1.39. The predicted molar refractivity (Wildman–Crippen MR) is 53.9 cm³/mol. The highest BCUT2D eigenvalue weighted by molar-refractivity contribution is 6.02. The van der Waals surface area contributed by atoms with Crippen LogP contribution in [-0.4, -0.2) is 24.4 Å². The molecule has 0 aliphatic carbocycles. The second kappa shape index (κ2) is 4.04. The third-order valence-electron chi connectivity index (χ3n) is 2.22. The van der Waals surface area contributed by atoms with Crippen molar-refractivity contribution < 1.29 is 14.4 Å². The van der Waals surface area contributed by atoms with E-state index in [2.05, 4.69) is 5.16 Å². The van der Waals surface area contributed by atoms with Crippen LogP contribution in [0.1, 0.15) is 22.3 Å². The Labute approximate surface area is 86.5 Å². The lowest BCUT2D eigenvalue weighted by Gasteiger charge is -1.98. The van der Waals surface area contributed by atoms with Gasteiger partial charge in [0, 0.05) is 12.0 Å². The lowest BCUT2D eigenvalue weighted by molar-refractivity contribution is -0.116. The molecule has 0 spiro atoms. The molecule has 1 aromatic rings. The van der Waals surface area contributed by atoms with Crippen LogP contribution in [0.15, 0.2) is 29.4 Å². The maximum Gasteiger partial charge on any atom is 0.187 e. The molecule has 76 valence electrons. The fraction of sp³-hybridized carbons (Fsp3) is 0.182. The van der Waals surface area contributed by atoms with E-state index in [9.17, 15) is 9.59 Å². The molecule has 0 N–H and O–H groups in total. The third-order valence-corrected chi connectivity index (χ3v) is 2.22. The average molecular weight is 203 g/mol. The molecular weight excluding hydrogens is 194 g/mol. The van der Waals surface area contributed by atoms with Crippen molar-refractivity contribution >= 4 is 18.3 Å². The monoisotopic (exact) mass is 203 g/mol. The van der Waals surface area contributed by atoms with E-state index >= 15 is 0 Å². The first-order valence-electron chi connectivity index (χ1n) is 4.57. The van der Waals surface area contributed by atoms with Gasteiger partial charge in [0.2, 0.25) is 0 Å². The first-order chi connectivity index (χ1) is 7.33. The van der Waals surface area contributed by atoms with Crippen molar-refractivity contribution in [3.05, 3.63) is 35.4 Å². The van der Waals surface area contributed by atoms with Crippen LogP contribution in [0.3, 0.4) is 0 Å². The summed E-state index contributed by atoms with van der Waals surface area (Å²) in [5.74, 6) is 0. The molecule has 0 radical (unpaired) electrons. The predicted octanol–water partition coefficient (Wildman–Crippen LogP) is 1.19. The Kier molecular flexibility index (Phi) is 2.58. The maximum atomic E-state index is 10.4. The van der Waals surface area contributed by atoms with E-state index in [0.29, 0.717) is 12.0 Å². The van der Waals surface area contributed by atoms with Gasteiger partial charge >= 0.3 is 0 Å². The van der Waals surface area contributed by atoms with Gasteiger partial charge < -0.3 is 4.84 Å². The lowest BCUT2D eigenvalue weighted by Crippen LogP contribution is -2.09. The number of oxime groups is 1. The Hall–Kier alpha value is -1.97. The number of carbonyl (C=O) groups is 2. The smallest absolute Gasteiger partial charge is 0.187 e. The van der Waals surface area contributed by atoms with Gasteiger partial charge in [-0.2, -0.15) is 0 Å². The zero-order valence-electron chi connectivity index (χ0n) is 7.92. The van der Waals surface area contributed by atoms with Crippen LogP contribution in [0.25, 0.3) is 0 Å². The van der Waals surface area contributed by atoms with E-state index in [1.165, 1.54) is 0 Å². The molecule has 1 unspecified atom stereocenters. The number of aldehydes is 2. The molecule has 4 heteroatoms. The summed E-state index contributed by atoms with van der Waals surface area (Å²) in [6, 6.07) is 7.00. The highest BCUT2D eigenvalue weighted by atomic mass is 16.6. The Bertz CT molecular complexity index is 408. The summed E-state index contributed by atoms with van der Waals surface area (Å²) in [4.78, 5) is 25.8. The lowest BCUT2D eigenvalue weighted by atomic mass is 10.0. The number of rotatable bonds is 3. The minimum atomic E-state index is -0.467. The van der Waals surface area contributed by atoms with E-state index in [-0.39, 0.29) is 0 Å². The van der Waals surface area contributed by atoms with Gasteiger partial charge in [-0.3, -0.25) is 9.59 Å². The topological polar surface area (TPSA) is 55.7 Å². The van der Waals surface area contributed by atoms with Crippen LogP contribution in [0, 0.1) is 0 Å². The molecule has 0 saturated carbocycles. The van der Waals surface area contributed by atoms with Crippen molar-refractivity contribution in [2.45, 2.75) is 12.5 Å². The first-order valence-corrected chi connectivity index (χ1v) is 4.57. The maximum absolute atomic E-state index is 10.4. The van der Waals surface area contributed by atoms with Gasteiger partial charge in [0.05, 0.1) is 5.71 Å². The molecule has 0 fully saturated rings. The number of hydrogen-bond acceptors (Lipinski definition) is 4. The van der Waals surface area contributed by atoms with Crippen LogP contribution < -0.4 is 0 Å². The van der Waals surface area contributed by atoms with Crippen molar-refractivity contribution in [2.24, 2.45) is 5.16 Å². The number of hydrogen-bond donors (Lipinski definition) is 0. The molecule has 1 heterocycles. The molecule has 0 amide bonds. The van der Waals surface area contributed by atoms with Gasteiger partial charge in [-0.05, 0) is 5.56 Å². The van der Waals surface area contributed by atoms with Crippen molar-refractivity contribution in [1.82, 2.24) is 0 Å². The molecule has 4 nitrogen and oxygen atoms in total. The van der Waals surface area contributed by atoms with E-state index in [1.54, 1.807) is 24.3 Å². The molecule has 0 saturated heterocycles. The summed E-state index contributed by atoms with van der Waals surface area (Å²) < 4.78 is 0. The van der Waals surface area contributed by atoms with Crippen molar-refractivity contribution in [2.75, 3.05) is 0 Å². The van der Waals surface area contributed by atoms with Crippen molar-refractivity contribution in [3.8, 4) is 0 Å². The number of benzene rings is 1. The van der Waals surface area contributed by atoms with Crippen LogP contribution >= 0.6 is 0 Å². The largest absolute Gasteiger partial charge is 0.384 e. The summed E-state index contributed by atoms with van der Waals surface area (Å²) in [6.07, 6.45) is 1.54. The molecule has 2 rings (SSSR count). The van der Waals surface area contributed by atoms with E-state index in [1.807, 2.05) is 0 Å². The molecular formula is C11H9NO3. The standard InChI is InChI=1S/C11H9NO3/c13-6-8-1-3-9(4-2-8)11-5-10(7-14)15-12-11/h1-4,6-7,10H,5H2. The van der Waals surface area contributed by atoms with Gasteiger partial charge in [-0.1, -0.05) is 29.4 Å². The van der Waals surface area contributed by atoms with Crippen LogP contribution in [-0.2, 0) is 9.63 Å². The summed E-state index contributed by atoms with van der Waals surface area (Å²) in [5, 5.41) is 3.81. The zero-order chi connectivity index (χ0) is 10.7. The van der Waals surface area contributed by atoms with Gasteiger partial charge in [0.25, 0.3) is 0 Å². The Morgan fingerprint density at radius 3 is 2.53 bits per heavy atom. The minimum absolute atomic E-state index is 0.467. The van der Waals surface area contributed by atoms with Crippen LogP contribution in [0.2, 0.25) is 0 Å².